The lowest BCUT2D eigenvalue weighted by atomic mass is 10.5. The van der Waals surface area contributed by atoms with Crippen molar-refractivity contribution in [3.05, 3.63) is 16.4 Å². The second-order valence-electron chi connectivity index (χ2n) is 2.27. The second kappa shape index (κ2) is 3.35. The lowest BCUT2D eigenvalue weighted by Gasteiger charge is -1.96. The Morgan fingerprint density at radius 3 is 2.67 bits per heavy atom. The van der Waals surface area contributed by atoms with E-state index in [4.69, 9.17) is 10.7 Å². The topological polar surface area (TPSA) is 52.0 Å². The highest BCUT2D eigenvalue weighted by Crippen LogP contribution is 2.13. The molecule has 7 heteroatoms. The minimum Gasteiger partial charge on any atom is -0.270 e. The van der Waals surface area contributed by atoms with Crippen LogP contribution < -0.4 is 0 Å². The maximum atomic E-state index is 10.7. The van der Waals surface area contributed by atoms with Crippen LogP contribution in [0.5, 0.6) is 0 Å². The van der Waals surface area contributed by atoms with Gasteiger partial charge in [-0.1, -0.05) is 0 Å². The van der Waals surface area contributed by atoms with Gasteiger partial charge in [0.25, 0.3) is 0 Å². The Hall–Kier alpha value is -0.0700. The molecular weight excluding hydrogens is 267 g/mol. The van der Waals surface area contributed by atoms with Gasteiger partial charge in [-0.2, -0.15) is 5.10 Å². The highest BCUT2D eigenvalue weighted by molar-refractivity contribution is 9.10. The maximum absolute atomic E-state index is 10.7. The van der Waals surface area contributed by atoms with Gasteiger partial charge >= 0.3 is 0 Å². The fourth-order valence-corrected chi connectivity index (χ4v) is 2.24. The number of hydrogen-bond acceptors (Lipinski definition) is 3. The zero-order valence-electron chi connectivity index (χ0n) is 6.16. The Labute approximate surface area is 83.1 Å². The quantitative estimate of drug-likeness (QED) is 0.762. The molecular formula is C5H6BrClN2O2S. The van der Waals surface area contributed by atoms with E-state index in [9.17, 15) is 8.42 Å². The zero-order chi connectivity index (χ0) is 9.35. The minimum atomic E-state index is -3.50. The third-order valence-corrected chi connectivity index (χ3v) is 2.62. The summed E-state index contributed by atoms with van der Waals surface area (Å²) in [7, 11) is 3.22. The van der Waals surface area contributed by atoms with Crippen LogP contribution in [0, 0.1) is 0 Å². The van der Waals surface area contributed by atoms with Crippen molar-refractivity contribution in [2.45, 2.75) is 5.75 Å². The van der Waals surface area contributed by atoms with Crippen LogP contribution in [0.4, 0.5) is 0 Å². The molecule has 1 rings (SSSR count). The number of rotatable bonds is 2. The van der Waals surface area contributed by atoms with Gasteiger partial charge in [0.2, 0.25) is 9.05 Å². The van der Waals surface area contributed by atoms with Crippen molar-refractivity contribution in [3.63, 3.8) is 0 Å². The van der Waals surface area contributed by atoms with Gasteiger partial charge in [0, 0.05) is 17.7 Å². The fraction of sp³-hybridized carbons (Fsp3) is 0.400. The predicted molar refractivity (Wildman–Crippen MR) is 49.4 cm³/mol. The van der Waals surface area contributed by atoms with E-state index in [2.05, 4.69) is 21.0 Å². The number of halogens is 2. The second-order valence-corrected chi connectivity index (χ2v) is 5.85. The molecule has 0 radical (unpaired) electrons. The molecule has 1 heterocycles. The summed E-state index contributed by atoms with van der Waals surface area (Å²) in [5, 5.41) is 3.91. The summed E-state index contributed by atoms with van der Waals surface area (Å²) in [4.78, 5) is 0. The Morgan fingerprint density at radius 2 is 2.33 bits per heavy atom. The van der Waals surface area contributed by atoms with Crippen molar-refractivity contribution in [3.8, 4) is 0 Å². The van der Waals surface area contributed by atoms with Gasteiger partial charge in [0.05, 0.1) is 5.69 Å². The van der Waals surface area contributed by atoms with Crippen molar-refractivity contribution >= 4 is 35.7 Å². The summed E-state index contributed by atoms with van der Waals surface area (Å²) in [6.07, 6.45) is 0. The molecule has 0 atom stereocenters. The lowest BCUT2D eigenvalue weighted by Crippen LogP contribution is -2.02. The number of aromatic nitrogens is 2. The molecule has 4 nitrogen and oxygen atoms in total. The highest BCUT2D eigenvalue weighted by Gasteiger charge is 2.11. The molecule has 68 valence electrons. The molecule has 0 saturated heterocycles. The zero-order valence-corrected chi connectivity index (χ0v) is 9.32. The molecule has 0 aliphatic carbocycles. The first kappa shape index (κ1) is 10.0. The Bertz CT molecular complexity index is 386. The van der Waals surface area contributed by atoms with E-state index in [1.807, 2.05) is 0 Å². The summed E-state index contributed by atoms with van der Waals surface area (Å²) in [6, 6.07) is 1.61. The van der Waals surface area contributed by atoms with Gasteiger partial charge in [-0.25, -0.2) is 8.42 Å². The van der Waals surface area contributed by atoms with Crippen molar-refractivity contribution in [1.29, 1.82) is 0 Å². The van der Waals surface area contributed by atoms with Crippen LogP contribution in [0.2, 0.25) is 0 Å². The molecule has 0 spiro atoms. The standard InChI is InChI=1S/C5H6BrClN2O2S/c1-9-4(2-5(6)8-9)3-12(7,10)11/h2H,3H2,1H3. The number of aryl methyl sites for hydroxylation is 1. The van der Waals surface area contributed by atoms with E-state index in [0.717, 1.165) is 0 Å². The minimum absolute atomic E-state index is 0.205. The van der Waals surface area contributed by atoms with Gasteiger partial charge in [0.15, 0.2) is 0 Å². The molecule has 0 unspecified atom stereocenters. The molecule has 0 amide bonds. The first-order chi connectivity index (χ1) is 5.38. The molecule has 1 aromatic heterocycles. The summed E-state index contributed by atoms with van der Waals surface area (Å²) in [6.45, 7) is 0. The monoisotopic (exact) mass is 272 g/mol. The first-order valence-electron chi connectivity index (χ1n) is 2.99. The van der Waals surface area contributed by atoms with Crippen LogP contribution in [-0.4, -0.2) is 18.2 Å². The lowest BCUT2D eigenvalue weighted by molar-refractivity contribution is 0.605. The smallest absolute Gasteiger partial charge is 0.238 e. The van der Waals surface area contributed by atoms with Crippen LogP contribution in [-0.2, 0) is 21.9 Å². The van der Waals surface area contributed by atoms with E-state index in [1.165, 1.54) is 4.68 Å². The van der Waals surface area contributed by atoms with Crippen molar-refractivity contribution in [2.24, 2.45) is 7.05 Å². The normalized spacial score (nSPS) is 11.9. The number of nitrogens with zero attached hydrogens (tertiary/aromatic N) is 2. The highest BCUT2D eigenvalue weighted by atomic mass is 79.9. The largest absolute Gasteiger partial charge is 0.270 e. The van der Waals surface area contributed by atoms with Crippen LogP contribution in [0.25, 0.3) is 0 Å². The molecule has 12 heavy (non-hydrogen) atoms. The number of hydrogen-bond donors (Lipinski definition) is 0. The molecule has 0 fully saturated rings. The molecule has 0 aliphatic heterocycles. The van der Waals surface area contributed by atoms with Crippen molar-refractivity contribution < 1.29 is 8.42 Å². The summed E-state index contributed by atoms with van der Waals surface area (Å²) >= 11 is 3.12. The Kier molecular flexibility index (Phi) is 2.80. The van der Waals surface area contributed by atoms with E-state index < -0.39 is 9.05 Å². The van der Waals surface area contributed by atoms with Gasteiger partial charge in [-0.3, -0.25) is 4.68 Å². The molecule has 0 aromatic carbocycles. The Balaban J connectivity index is 2.97. The van der Waals surface area contributed by atoms with Gasteiger partial charge in [0.1, 0.15) is 10.4 Å². The fourth-order valence-electron chi connectivity index (χ4n) is 0.779. The molecule has 1 aromatic rings. The van der Waals surface area contributed by atoms with Crippen LogP contribution in [0.15, 0.2) is 10.7 Å². The van der Waals surface area contributed by atoms with Gasteiger partial charge in [-0.05, 0) is 22.0 Å². The van der Waals surface area contributed by atoms with Crippen molar-refractivity contribution in [2.75, 3.05) is 0 Å². The Morgan fingerprint density at radius 1 is 1.75 bits per heavy atom. The van der Waals surface area contributed by atoms with Crippen LogP contribution >= 0.6 is 26.6 Å². The van der Waals surface area contributed by atoms with Gasteiger partial charge < -0.3 is 0 Å². The molecule has 0 bridgehead atoms. The van der Waals surface area contributed by atoms with E-state index >= 15 is 0 Å². The average Bonchev–Trinajstić information content (AvgIpc) is 2.06. The molecule has 0 N–H and O–H groups in total. The predicted octanol–water partition coefficient (Wildman–Crippen LogP) is 1.25. The molecule has 0 saturated carbocycles. The van der Waals surface area contributed by atoms with E-state index in [1.54, 1.807) is 13.1 Å². The third kappa shape index (κ3) is 2.76. The third-order valence-electron chi connectivity index (χ3n) is 1.27. The first-order valence-corrected chi connectivity index (χ1v) is 6.26. The average molecular weight is 274 g/mol. The summed E-state index contributed by atoms with van der Waals surface area (Å²) in [5.74, 6) is -0.205. The van der Waals surface area contributed by atoms with Crippen LogP contribution in [0.3, 0.4) is 0 Å². The van der Waals surface area contributed by atoms with E-state index in [0.29, 0.717) is 10.3 Å². The van der Waals surface area contributed by atoms with E-state index in [-0.39, 0.29) is 5.75 Å². The maximum Gasteiger partial charge on any atom is 0.238 e. The van der Waals surface area contributed by atoms with Crippen molar-refractivity contribution in [1.82, 2.24) is 9.78 Å². The SMILES string of the molecule is Cn1nc(Br)cc1CS(=O)(=O)Cl. The summed E-state index contributed by atoms with van der Waals surface area (Å²) in [5.41, 5.74) is 0.553. The van der Waals surface area contributed by atoms with Crippen LogP contribution in [0.1, 0.15) is 5.69 Å². The summed E-state index contributed by atoms with van der Waals surface area (Å²) < 4.78 is 23.4. The van der Waals surface area contributed by atoms with Gasteiger partial charge in [-0.15, -0.1) is 0 Å². The molecule has 0 aliphatic rings.